The predicted molar refractivity (Wildman–Crippen MR) is 231 cm³/mol. The zero-order valence-corrected chi connectivity index (χ0v) is 36.9. The summed E-state index contributed by atoms with van der Waals surface area (Å²) in [7, 11) is 3.68. The topological polar surface area (TPSA) is 172 Å². The van der Waals surface area contributed by atoms with Crippen molar-refractivity contribution in [1.29, 1.82) is 0 Å². The molecule has 15 heteroatoms. The maximum Gasteiger partial charge on any atom is 0.281 e. The Balaban J connectivity index is 0.000000246. The van der Waals surface area contributed by atoms with E-state index in [9.17, 15) is 24.3 Å². The summed E-state index contributed by atoms with van der Waals surface area (Å²) in [6, 6.07) is 10.7. The van der Waals surface area contributed by atoms with Gasteiger partial charge in [0.1, 0.15) is 17.8 Å². The zero-order chi connectivity index (χ0) is 42.8. The Bertz CT molecular complexity index is 2390. The molecule has 4 aromatic rings. The molecule has 0 saturated carbocycles. The predicted octanol–water partition coefficient (Wildman–Crippen LogP) is 5.05. The average Bonchev–Trinajstić information content (AvgIpc) is 3.98. The number of aromatic nitrogens is 2. The van der Waals surface area contributed by atoms with E-state index in [2.05, 4.69) is 53.6 Å². The second-order valence-electron chi connectivity index (χ2n) is 17.6. The number of rotatable bonds is 9. The number of likely N-dealkylation sites (N-methyl/N-ethyl adjacent to an activating group) is 1. The molecule has 5 N–H and O–H groups in total. The summed E-state index contributed by atoms with van der Waals surface area (Å²) in [6.07, 6.45) is 7.28. The number of aliphatic hydroxyl groups is 1. The van der Waals surface area contributed by atoms with E-state index in [0.29, 0.717) is 32.5 Å². The number of piperazine rings is 1. The van der Waals surface area contributed by atoms with Gasteiger partial charge < -0.3 is 35.3 Å². The van der Waals surface area contributed by atoms with Gasteiger partial charge in [-0.3, -0.25) is 33.7 Å². The van der Waals surface area contributed by atoms with Gasteiger partial charge in [0.25, 0.3) is 11.8 Å². The van der Waals surface area contributed by atoms with E-state index in [1.807, 2.05) is 57.4 Å². The molecule has 9 rings (SSSR count). The van der Waals surface area contributed by atoms with Gasteiger partial charge in [-0.15, -0.1) is 0 Å². The molecule has 2 aromatic heterocycles. The van der Waals surface area contributed by atoms with Crippen LogP contribution in [-0.2, 0) is 36.8 Å². The number of ether oxygens (including phenoxy) is 2. The molecule has 3 saturated heterocycles. The highest BCUT2D eigenvalue weighted by Gasteiger charge is 2.72. The van der Waals surface area contributed by atoms with E-state index < -0.39 is 41.5 Å². The van der Waals surface area contributed by atoms with E-state index in [4.69, 9.17) is 9.47 Å². The molecular weight excluding hydrogens is 830 g/mol. The molecule has 14 nitrogen and oxygen atoms in total. The lowest BCUT2D eigenvalue weighted by atomic mass is 9.79. The monoisotopic (exact) mass is 885 g/mol. The fraction of sp³-hybridized carbons (Fsp3) is 0.511. The Morgan fingerprint density at radius 1 is 1.13 bits per heavy atom. The maximum atomic E-state index is 14.4. The van der Waals surface area contributed by atoms with Crippen LogP contribution in [0.3, 0.4) is 0 Å². The smallest absolute Gasteiger partial charge is 0.281 e. The second-order valence-corrected chi connectivity index (χ2v) is 18.4. The lowest BCUT2D eigenvalue weighted by molar-refractivity contribution is -0.322. The molecule has 4 amide bonds. The van der Waals surface area contributed by atoms with E-state index in [1.54, 1.807) is 25.9 Å². The summed E-state index contributed by atoms with van der Waals surface area (Å²) in [5.74, 6) is -3.17. The Labute approximate surface area is 358 Å². The third-order valence-corrected chi connectivity index (χ3v) is 13.7. The normalized spacial score (nSPS) is 27.1. The molecule has 3 fully saturated rings. The van der Waals surface area contributed by atoms with Crippen LogP contribution in [0.15, 0.2) is 53.3 Å². The first-order valence-electron chi connectivity index (χ1n) is 21.1. The Hall–Kier alpha value is -4.70. The minimum Gasteiger partial charge on any atom is -0.497 e. The van der Waals surface area contributed by atoms with Crippen molar-refractivity contribution in [2.75, 3.05) is 33.8 Å². The van der Waals surface area contributed by atoms with Gasteiger partial charge in [0, 0.05) is 66.5 Å². The number of fused-ring (bicyclic) bond motifs is 6. The second kappa shape index (κ2) is 16.0. The van der Waals surface area contributed by atoms with Gasteiger partial charge in [0.2, 0.25) is 23.4 Å². The molecule has 0 radical (unpaired) electrons. The van der Waals surface area contributed by atoms with E-state index >= 15 is 0 Å². The number of hydrogen-bond donors (Lipinski definition) is 5. The minimum atomic E-state index is -2.01. The minimum absolute atomic E-state index is 0.00224. The fourth-order valence-electron chi connectivity index (χ4n) is 10.0. The van der Waals surface area contributed by atoms with Crippen LogP contribution in [0.4, 0.5) is 0 Å². The molecule has 1 aliphatic carbocycles. The van der Waals surface area contributed by atoms with Crippen molar-refractivity contribution in [2.24, 2.45) is 17.8 Å². The van der Waals surface area contributed by atoms with Gasteiger partial charge in [-0.2, -0.15) is 0 Å². The number of hydrogen-bond acceptors (Lipinski definition) is 8. The third kappa shape index (κ3) is 7.00. The number of nitrogens with zero attached hydrogens (tertiary/aromatic N) is 3. The van der Waals surface area contributed by atoms with Crippen molar-refractivity contribution in [3.05, 3.63) is 70.0 Å². The number of amides is 4. The van der Waals surface area contributed by atoms with Gasteiger partial charge in [-0.1, -0.05) is 45.9 Å². The first-order valence-corrected chi connectivity index (χ1v) is 21.9. The van der Waals surface area contributed by atoms with Crippen LogP contribution in [0, 0.1) is 17.8 Å². The summed E-state index contributed by atoms with van der Waals surface area (Å²) in [6.45, 7) is 10.8. The molecule has 2 aromatic carbocycles. The molecule has 4 aliphatic heterocycles. The van der Waals surface area contributed by atoms with Crippen LogP contribution < -0.4 is 15.4 Å². The van der Waals surface area contributed by atoms with Crippen molar-refractivity contribution in [3.63, 3.8) is 0 Å². The number of H-pyrrole nitrogens is 2. The van der Waals surface area contributed by atoms with Gasteiger partial charge in [-0.05, 0) is 108 Å². The fourth-order valence-corrected chi connectivity index (χ4v) is 10.6. The maximum absolute atomic E-state index is 14.4. The van der Waals surface area contributed by atoms with Crippen molar-refractivity contribution in [1.82, 2.24) is 35.3 Å². The van der Waals surface area contributed by atoms with E-state index in [1.165, 1.54) is 28.3 Å². The Kier molecular flexibility index (Phi) is 11.2. The van der Waals surface area contributed by atoms with Crippen LogP contribution in [0.2, 0.25) is 0 Å². The molecule has 0 spiro atoms. The first kappa shape index (κ1) is 42.0. The molecule has 60 heavy (non-hydrogen) atoms. The standard InChI is InChI=1S/C32H40BrN5O5.C13H16N2O2/c1-16(2)12-24-29(40)37-11-7-10-25(37)32(42)38(24)30(41)31(43-32,17(3)4)35-28(39)18-13-20-19-8-6-9-22-26(19)21(27(33)34-22)14-23(20)36(5)15-18;1-9(16)14-6-5-10-8-15-13-4-3-11(17-2)7-12(10)13/h6,8-9,13,16-18,23-25,34,42H,7,10-12,14-15H2,1-5H3,(H,35,39);3-4,7-8,15H,5-6H2,1-2H3,(H,14,16)/t18-,23-,24+,25+,31-,32+;/m1./s1. The average molecular weight is 887 g/mol. The Morgan fingerprint density at radius 3 is 2.63 bits per heavy atom. The third-order valence-electron chi connectivity index (χ3n) is 13.0. The van der Waals surface area contributed by atoms with Crippen LogP contribution in [0.25, 0.3) is 27.4 Å². The number of nitrogens with one attached hydrogen (secondary N) is 4. The quantitative estimate of drug-likeness (QED) is 0.156. The van der Waals surface area contributed by atoms with Crippen molar-refractivity contribution < 1.29 is 33.8 Å². The lowest BCUT2D eigenvalue weighted by Crippen LogP contribution is -2.71. The first-order chi connectivity index (χ1) is 28.6. The largest absolute Gasteiger partial charge is 0.497 e. The summed E-state index contributed by atoms with van der Waals surface area (Å²) >= 11 is 3.70. The van der Waals surface area contributed by atoms with Crippen molar-refractivity contribution in [2.45, 2.75) is 96.5 Å². The number of carbonyl (C=O) groups is 4. The number of aromatic amines is 2. The highest BCUT2D eigenvalue weighted by Crippen LogP contribution is 2.49. The molecule has 5 aliphatic rings. The summed E-state index contributed by atoms with van der Waals surface area (Å²) in [5.41, 5.74) is 4.95. The van der Waals surface area contributed by atoms with E-state index in [0.717, 1.165) is 57.2 Å². The highest BCUT2D eigenvalue weighted by molar-refractivity contribution is 9.10. The molecule has 0 unspecified atom stereocenters. The molecular formula is C45H56BrN7O7. The van der Waals surface area contributed by atoms with E-state index in [-0.39, 0.29) is 29.7 Å². The summed E-state index contributed by atoms with van der Waals surface area (Å²) < 4.78 is 12.6. The van der Waals surface area contributed by atoms with Gasteiger partial charge in [0.05, 0.1) is 17.6 Å². The highest BCUT2D eigenvalue weighted by atomic mass is 79.9. The molecule has 0 bridgehead atoms. The zero-order valence-electron chi connectivity index (χ0n) is 35.4. The molecule has 320 valence electrons. The van der Waals surface area contributed by atoms with Gasteiger partial charge >= 0.3 is 0 Å². The van der Waals surface area contributed by atoms with Crippen LogP contribution >= 0.6 is 15.9 Å². The Morgan fingerprint density at radius 2 is 1.92 bits per heavy atom. The van der Waals surface area contributed by atoms with Crippen LogP contribution in [-0.4, -0.2) is 117 Å². The van der Waals surface area contributed by atoms with Crippen molar-refractivity contribution in [3.8, 4) is 5.75 Å². The molecule has 6 heterocycles. The number of methoxy groups -OCH3 is 1. The van der Waals surface area contributed by atoms with Crippen LogP contribution in [0.5, 0.6) is 5.75 Å². The molecule has 6 atom stereocenters. The number of benzene rings is 2. The SMILES string of the molecule is CC(C)C[C@H]1C(=O)N2CCC[C@H]2[C@]2(O)O[C@](NC(=O)[C@@H]3C=C4c5cccc6[nH]c(Br)c(c56)C[C@H]4N(C)C3)(C(C)C)C(=O)N12.COc1ccc2[nH]cc(CCNC(C)=O)c2c1. The summed E-state index contributed by atoms with van der Waals surface area (Å²) in [5, 5.41) is 20.3. The number of halogens is 1. The van der Waals surface area contributed by atoms with Crippen LogP contribution in [0.1, 0.15) is 70.6 Å². The lowest BCUT2D eigenvalue weighted by Gasteiger charge is -2.49. The van der Waals surface area contributed by atoms with Crippen molar-refractivity contribution >= 4 is 66.9 Å². The summed E-state index contributed by atoms with van der Waals surface area (Å²) in [4.78, 5) is 64.8. The van der Waals surface area contributed by atoms with Gasteiger partial charge in [-0.25, -0.2) is 0 Å². The van der Waals surface area contributed by atoms with Gasteiger partial charge in [0.15, 0.2) is 0 Å². The number of carbonyl (C=O) groups excluding carboxylic acids is 4.